The van der Waals surface area contributed by atoms with Crippen LogP contribution in [0, 0.1) is 0 Å². The molecular weight excluding hydrogens is 214 g/mol. The third-order valence-electron chi connectivity index (χ3n) is 2.96. The van der Waals surface area contributed by atoms with E-state index in [1.54, 1.807) is 0 Å². The van der Waals surface area contributed by atoms with E-state index in [1.165, 1.54) is 39.0 Å². The SMILES string of the molecule is CC.CN1CCNCC1.OCCN1CCCC1. The Hall–Kier alpha value is -0.160. The predicted octanol–water partition coefficient (Wildman–Crippen LogP) is 0.622. The molecule has 2 fully saturated rings. The fraction of sp³-hybridized carbons (Fsp3) is 1.00. The van der Waals surface area contributed by atoms with Gasteiger partial charge in [-0.3, -0.25) is 0 Å². The minimum Gasteiger partial charge on any atom is -0.395 e. The van der Waals surface area contributed by atoms with Gasteiger partial charge in [0.15, 0.2) is 0 Å². The van der Waals surface area contributed by atoms with Gasteiger partial charge in [0.05, 0.1) is 6.61 Å². The van der Waals surface area contributed by atoms with Crippen molar-refractivity contribution in [2.24, 2.45) is 0 Å². The number of aliphatic hydroxyl groups excluding tert-OH is 1. The van der Waals surface area contributed by atoms with E-state index in [-0.39, 0.29) is 0 Å². The normalized spacial score (nSPS) is 21.2. The molecule has 0 amide bonds. The number of nitrogens with one attached hydrogen (secondary N) is 1. The first-order chi connectivity index (χ1) is 8.33. The topological polar surface area (TPSA) is 38.7 Å². The molecule has 0 radical (unpaired) electrons. The molecule has 2 N–H and O–H groups in total. The summed E-state index contributed by atoms with van der Waals surface area (Å²) in [5, 5.41) is 11.8. The first kappa shape index (κ1) is 16.8. The van der Waals surface area contributed by atoms with Crippen LogP contribution in [0.1, 0.15) is 26.7 Å². The maximum absolute atomic E-state index is 8.48. The molecule has 0 spiro atoms. The minimum atomic E-state index is 0.319. The molecule has 0 aromatic rings. The Labute approximate surface area is 107 Å². The standard InChI is InChI=1S/C6H13NO.C5H12N2.C2H6/c8-6-5-7-3-1-2-4-7;1-7-4-2-6-3-5-7;1-2/h8H,1-6H2;6H,2-5H2,1H3;1-2H3. The zero-order chi connectivity index (χ0) is 12.9. The molecule has 0 bridgehead atoms. The molecule has 2 aliphatic rings. The van der Waals surface area contributed by atoms with Gasteiger partial charge in [0.1, 0.15) is 0 Å². The highest BCUT2D eigenvalue weighted by Gasteiger charge is 2.08. The summed E-state index contributed by atoms with van der Waals surface area (Å²) in [6.07, 6.45) is 2.64. The molecule has 0 atom stereocenters. The van der Waals surface area contributed by atoms with Crippen LogP contribution in [0.15, 0.2) is 0 Å². The lowest BCUT2D eigenvalue weighted by atomic mass is 10.4. The molecule has 2 aliphatic heterocycles. The number of piperazine rings is 1. The van der Waals surface area contributed by atoms with Crippen molar-refractivity contribution < 1.29 is 5.11 Å². The number of hydrogen-bond donors (Lipinski definition) is 2. The lowest BCUT2D eigenvalue weighted by Gasteiger charge is -2.21. The van der Waals surface area contributed by atoms with E-state index in [0.717, 1.165) is 19.6 Å². The van der Waals surface area contributed by atoms with Crippen LogP contribution in [0.2, 0.25) is 0 Å². The van der Waals surface area contributed by atoms with E-state index < -0.39 is 0 Å². The Morgan fingerprint density at radius 3 is 1.88 bits per heavy atom. The summed E-state index contributed by atoms with van der Waals surface area (Å²) in [4.78, 5) is 4.62. The van der Waals surface area contributed by atoms with Crippen molar-refractivity contribution in [3.05, 3.63) is 0 Å². The Kier molecular flexibility index (Phi) is 12.2. The highest BCUT2D eigenvalue weighted by Crippen LogP contribution is 2.05. The quantitative estimate of drug-likeness (QED) is 0.748. The van der Waals surface area contributed by atoms with Crippen molar-refractivity contribution in [2.45, 2.75) is 26.7 Å². The monoisotopic (exact) mass is 245 g/mol. The Bertz CT molecular complexity index is 144. The van der Waals surface area contributed by atoms with Crippen molar-refractivity contribution in [1.82, 2.24) is 15.1 Å². The van der Waals surface area contributed by atoms with Crippen LogP contribution in [-0.2, 0) is 0 Å². The van der Waals surface area contributed by atoms with E-state index in [1.807, 2.05) is 13.8 Å². The van der Waals surface area contributed by atoms with Gasteiger partial charge in [-0.25, -0.2) is 0 Å². The molecule has 4 nitrogen and oxygen atoms in total. The molecule has 2 rings (SSSR count). The van der Waals surface area contributed by atoms with Gasteiger partial charge in [-0.15, -0.1) is 0 Å². The average molecular weight is 245 g/mol. The Morgan fingerprint density at radius 2 is 1.53 bits per heavy atom. The maximum atomic E-state index is 8.48. The summed E-state index contributed by atoms with van der Waals surface area (Å²) in [6, 6.07) is 0. The van der Waals surface area contributed by atoms with Crippen LogP contribution < -0.4 is 5.32 Å². The lowest BCUT2D eigenvalue weighted by molar-refractivity contribution is 0.221. The van der Waals surface area contributed by atoms with Crippen LogP contribution in [0.3, 0.4) is 0 Å². The van der Waals surface area contributed by atoms with E-state index in [4.69, 9.17) is 5.11 Å². The number of β-amino-alcohol motifs (C(OH)–C–C–N with tert-alkyl or cyclic N) is 1. The zero-order valence-corrected chi connectivity index (χ0v) is 11.9. The summed E-state index contributed by atoms with van der Waals surface area (Å²) < 4.78 is 0. The van der Waals surface area contributed by atoms with Gasteiger partial charge in [-0.2, -0.15) is 0 Å². The van der Waals surface area contributed by atoms with Crippen LogP contribution >= 0.6 is 0 Å². The van der Waals surface area contributed by atoms with Crippen molar-refractivity contribution in [2.75, 3.05) is 59.5 Å². The van der Waals surface area contributed by atoms with Gasteiger partial charge < -0.3 is 20.2 Å². The Balaban J connectivity index is 0.000000265. The van der Waals surface area contributed by atoms with Gasteiger partial charge in [-0.1, -0.05) is 13.8 Å². The third kappa shape index (κ3) is 9.53. The van der Waals surface area contributed by atoms with Gasteiger partial charge >= 0.3 is 0 Å². The molecule has 2 heterocycles. The van der Waals surface area contributed by atoms with Crippen molar-refractivity contribution in [3.8, 4) is 0 Å². The molecule has 0 unspecified atom stereocenters. The van der Waals surface area contributed by atoms with E-state index in [2.05, 4.69) is 22.2 Å². The number of likely N-dealkylation sites (N-methyl/N-ethyl adjacent to an activating group) is 1. The average Bonchev–Trinajstić information content (AvgIpc) is 2.87. The molecule has 104 valence electrons. The van der Waals surface area contributed by atoms with Gasteiger partial charge in [0.2, 0.25) is 0 Å². The van der Waals surface area contributed by atoms with Crippen LogP contribution in [0.25, 0.3) is 0 Å². The second kappa shape index (κ2) is 12.3. The van der Waals surface area contributed by atoms with E-state index >= 15 is 0 Å². The number of rotatable bonds is 2. The van der Waals surface area contributed by atoms with Gasteiger partial charge in [0, 0.05) is 32.7 Å². The fourth-order valence-corrected chi connectivity index (χ4v) is 1.92. The summed E-state index contributed by atoms with van der Waals surface area (Å²) in [5.41, 5.74) is 0. The largest absolute Gasteiger partial charge is 0.395 e. The zero-order valence-electron chi connectivity index (χ0n) is 11.9. The highest BCUT2D eigenvalue weighted by atomic mass is 16.3. The first-order valence-corrected chi connectivity index (χ1v) is 7.05. The Morgan fingerprint density at radius 1 is 1.00 bits per heavy atom. The van der Waals surface area contributed by atoms with E-state index in [9.17, 15) is 0 Å². The predicted molar refractivity (Wildman–Crippen MR) is 74.5 cm³/mol. The molecule has 0 aromatic carbocycles. The van der Waals surface area contributed by atoms with Gasteiger partial charge in [-0.05, 0) is 33.0 Å². The second-order valence-corrected chi connectivity index (χ2v) is 4.33. The first-order valence-electron chi connectivity index (χ1n) is 7.05. The number of hydrogen-bond acceptors (Lipinski definition) is 4. The summed E-state index contributed by atoms with van der Waals surface area (Å²) >= 11 is 0. The van der Waals surface area contributed by atoms with Crippen LogP contribution in [-0.4, -0.2) is 74.4 Å². The van der Waals surface area contributed by atoms with Crippen molar-refractivity contribution in [1.29, 1.82) is 0 Å². The lowest BCUT2D eigenvalue weighted by Crippen LogP contribution is -2.40. The van der Waals surface area contributed by atoms with Crippen LogP contribution in [0.5, 0.6) is 0 Å². The summed E-state index contributed by atoms with van der Waals surface area (Å²) in [6.45, 7) is 12.3. The highest BCUT2D eigenvalue weighted by molar-refractivity contribution is 4.64. The van der Waals surface area contributed by atoms with Crippen LogP contribution in [0.4, 0.5) is 0 Å². The molecule has 17 heavy (non-hydrogen) atoms. The number of nitrogens with zero attached hydrogens (tertiary/aromatic N) is 2. The van der Waals surface area contributed by atoms with Crippen molar-refractivity contribution >= 4 is 0 Å². The molecule has 2 saturated heterocycles. The molecule has 0 aliphatic carbocycles. The number of likely N-dealkylation sites (tertiary alicyclic amines) is 1. The third-order valence-corrected chi connectivity index (χ3v) is 2.96. The molecule has 0 aromatic heterocycles. The smallest absolute Gasteiger partial charge is 0.0558 e. The molecule has 0 saturated carbocycles. The number of aliphatic hydroxyl groups is 1. The second-order valence-electron chi connectivity index (χ2n) is 4.33. The molecule has 4 heteroatoms. The summed E-state index contributed by atoms with van der Waals surface area (Å²) in [5.74, 6) is 0. The fourth-order valence-electron chi connectivity index (χ4n) is 1.92. The van der Waals surface area contributed by atoms with E-state index in [0.29, 0.717) is 6.61 Å². The minimum absolute atomic E-state index is 0.319. The molecular formula is C13H31N3O. The van der Waals surface area contributed by atoms with Gasteiger partial charge in [0.25, 0.3) is 0 Å². The van der Waals surface area contributed by atoms with Crippen molar-refractivity contribution in [3.63, 3.8) is 0 Å². The maximum Gasteiger partial charge on any atom is 0.0558 e. The summed E-state index contributed by atoms with van der Waals surface area (Å²) in [7, 11) is 2.15.